The first kappa shape index (κ1) is 14.3. The van der Waals surface area contributed by atoms with Crippen molar-refractivity contribution in [1.29, 1.82) is 0 Å². The fourth-order valence-corrected chi connectivity index (χ4v) is 3.98. The summed E-state index contributed by atoms with van der Waals surface area (Å²) in [7, 11) is 0. The maximum absolute atomic E-state index is 6.23. The number of hydrogen-bond donors (Lipinski definition) is 0. The van der Waals surface area contributed by atoms with Crippen LogP contribution in [0, 0.1) is 13.8 Å². The van der Waals surface area contributed by atoms with Gasteiger partial charge in [-0.05, 0) is 58.7 Å². The Labute approximate surface area is 146 Å². The molecule has 5 rings (SSSR count). The van der Waals surface area contributed by atoms with Gasteiger partial charge in [-0.15, -0.1) is 0 Å². The van der Waals surface area contributed by atoms with E-state index in [-0.39, 0.29) is 0 Å². The molecule has 1 aliphatic heterocycles. The molecule has 0 radical (unpaired) electrons. The predicted octanol–water partition coefficient (Wildman–Crippen LogP) is 6.97. The summed E-state index contributed by atoms with van der Waals surface area (Å²) in [5, 5.41) is 5.03. The van der Waals surface area contributed by atoms with Crippen molar-refractivity contribution >= 4 is 21.5 Å². The van der Waals surface area contributed by atoms with Gasteiger partial charge in [0.1, 0.15) is 11.5 Å². The standard InChI is InChI=1S/C24H18O/c1-15-13-16(2)25-24-22(15)20-9-5-6-10-21(20)23(24)19-12-11-17-7-3-4-8-18(17)14-19/h3-14H,1-2H3. The van der Waals surface area contributed by atoms with Crippen molar-refractivity contribution in [1.82, 2.24) is 0 Å². The van der Waals surface area contributed by atoms with Crippen molar-refractivity contribution in [2.75, 3.05) is 0 Å². The maximum Gasteiger partial charge on any atom is 0.143 e. The Hall–Kier alpha value is -3.06. The van der Waals surface area contributed by atoms with Gasteiger partial charge in [0.25, 0.3) is 0 Å². The molecule has 0 N–H and O–H groups in total. The second-order valence-electron chi connectivity index (χ2n) is 6.73. The summed E-state index contributed by atoms with van der Waals surface area (Å²) in [6.07, 6.45) is 0. The van der Waals surface area contributed by atoms with Gasteiger partial charge in [0.15, 0.2) is 0 Å². The number of fused-ring (bicyclic) bond motifs is 4. The first-order chi connectivity index (χ1) is 12.2. The Morgan fingerprint density at radius 1 is 0.640 bits per heavy atom. The second kappa shape index (κ2) is 5.22. The highest BCUT2D eigenvalue weighted by molar-refractivity contribution is 6.14. The lowest BCUT2D eigenvalue weighted by Crippen LogP contribution is -1.86. The molecule has 0 unspecified atom stereocenters. The summed E-state index contributed by atoms with van der Waals surface area (Å²) in [4.78, 5) is 0. The van der Waals surface area contributed by atoms with Crippen LogP contribution in [0.2, 0.25) is 0 Å². The Balaban J connectivity index is 1.92. The molecule has 0 fully saturated rings. The van der Waals surface area contributed by atoms with Crippen LogP contribution in [0.15, 0.2) is 77.2 Å². The molecule has 0 spiro atoms. The minimum absolute atomic E-state index is 0.947. The number of hydrogen-bond acceptors (Lipinski definition) is 1. The normalized spacial score (nSPS) is 11.6. The minimum Gasteiger partial charge on any atom is -0.461 e. The van der Waals surface area contributed by atoms with Crippen LogP contribution in [0.5, 0.6) is 0 Å². The van der Waals surface area contributed by atoms with Crippen LogP contribution in [-0.2, 0) is 0 Å². The van der Waals surface area contributed by atoms with Crippen LogP contribution in [-0.4, -0.2) is 0 Å². The third kappa shape index (κ3) is 2.09. The summed E-state index contributed by atoms with van der Waals surface area (Å²) in [5.41, 5.74) is 4.90. The molecule has 1 heterocycles. The quantitative estimate of drug-likeness (QED) is 0.324. The van der Waals surface area contributed by atoms with Crippen molar-refractivity contribution in [2.24, 2.45) is 0 Å². The molecular formula is C24H18O. The zero-order chi connectivity index (χ0) is 17.0. The highest BCUT2D eigenvalue weighted by Gasteiger charge is 2.23. The highest BCUT2D eigenvalue weighted by Crippen LogP contribution is 2.47. The van der Waals surface area contributed by atoms with Gasteiger partial charge in [-0.2, -0.15) is 0 Å². The van der Waals surface area contributed by atoms with E-state index in [9.17, 15) is 0 Å². The number of benzene rings is 3. The molecule has 1 aliphatic carbocycles. The molecule has 0 amide bonds. The van der Waals surface area contributed by atoms with Crippen LogP contribution < -0.4 is 0 Å². The lowest BCUT2D eigenvalue weighted by atomic mass is 9.99. The van der Waals surface area contributed by atoms with Gasteiger partial charge in [-0.1, -0.05) is 60.7 Å². The van der Waals surface area contributed by atoms with Gasteiger partial charge in [0, 0.05) is 11.1 Å². The van der Waals surface area contributed by atoms with Crippen molar-refractivity contribution in [2.45, 2.75) is 13.8 Å². The summed E-state index contributed by atoms with van der Waals surface area (Å²) >= 11 is 0. The monoisotopic (exact) mass is 322 g/mol. The molecule has 2 aliphatic rings. The lowest BCUT2D eigenvalue weighted by molar-refractivity contribution is 0.532. The van der Waals surface area contributed by atoms with E-state index in [1.54, 1.807) is 0 Å². The van der Waals surface area contributed by atoms with Gasteiger partial charge >= 0.3 is 0 Å². The number of rotatable bonds is 1. The fraction of sp³-hybridized carbons (Fsp3) is 0.0833. The molecule has 25 heavy (non-hydrogen) atoms. The SMILES string of the molecule is Cc1cc(C)c2c3ccccc3c(-c3ccc4ccccc4c3)c-2o1. The smallest absolute Gasteiger partial charge is 0.143 e. The fourth-order valence-electron chi connectivity index (χ4n) is 3.98. The zero-order valence-electron chi connectivity index (χ0n) is 14.3. The minimum atomic E-state index is 0.947. The molecule has 120 valence electrons. The van der Waals surface area contributed by atoms with E-state index in [1.807, 2.05) is 6.92 Å². The van der Waals surface area contributed by atoms with Crippen LogP contribution in [0.3, 0.4) is 0 Å². The first-order valence-electron chi connectivity index (χ1n) is 8.63. The third-order valence-corrected chi connectivity index (χ3v) is 5.04. The predicted molar refractivity (Wildman–Crippen MR) is 105 cm³/mol. The molecule has 1 nitrogen and oxygen atoms in total. The van der Waals surface area contributed by atoms with Gasteiger partial charge in [0.2, 0.25) is 0 Å². The molecule has 0 saturated carbocycles. The molecule has 1 heteroatoms. The molecular weight excluding hydrogens is 304 g/mol. The summed E-state index contributed by atoms with van der Waals surface area (Å²) in [6, 6.07) is 25.9. The van der Waals surface area contributed by atoms with E-state index in [0.717, 1.165) is 11.5 Å². The van der Waals surface area contributed by atoms with Gasteiger partial charge < -0.3 is 4.42 Å². The van der Waals surface area contributed by atoms with Crippen molar-refractivity contribution in [3.63, 3.8) is 0 Å². The Morgan fingerprint density at radius 2 is 1.32 bits per heavy atom. The van der Waals surface area contributed by atoms with Crippen molar-refractivity contribution in [3.05, 3.63) is 84.1 Å². The van der Waals surface area contributed by atoms with Gasteiger partial charge in [-0.25, -0.2) is 0 Å². The average molecular weight is 322 g/mol. The first-order valence-corrected chi connectivity index (χ1v) is 8.63. The second-order valence-corrected chi connectivity index (χ2v) is 6.73. The molecule has 0 saturated heterocycles. The molecule has 0 atom stereocenters. The lowest BCUT2D eigenvalue weighted by Gasteiger charge is -2.09. The van der Waals surface area contributed by atoms with Crippen molar-refractivity contribution < 1.29 is 4.42 Å². The van der Waals surface area contributed by atoms with E-state index in [4.69, 9.17) is 4.42 Å². The average Bonchev–Trinajstić information content (AvgIpc) is 2.95. The Kier molecular flexibility index (Phi) is 2.98. The van der Waals surface area contributed by atoms with Crippen LogP contribution in [0.4, 0.5) is 0 Å². The van der Waals surface area contributed by atoms with Crippen LogP contribution in [0.25, 0.3) is 44.0 Å². The number of aryl methyl sites for hydroxylation is 2. The Bertz CT molecular complexity index is 1210. The van der Waals surface area contributed by atoms with Gasteiger partial charge in [-0.3, -0.25) is 0 Å². The summed E-state index contributed by atoms with van der Waals surface area (Å²) in [6.45, 7) is 4.19. The zero-order valence-corrected chi connectivity index (χ0v) is 14.3. The van der Waals surface area contributed by atoms with E-state index in [2.05, 4.69) is 79.7 Å². The molecule has 0 aromatic heterocycles. The van der Waals surface area contributed by atoms with E-state index < -0.39 is 0 Å². The van der Waals surface area contributed by atoms with E-state index in [0.29, 0.717) is 0 Å². The third-order valence-electron chi connectivity index (χ3n) is 5.04. The van der Waals surface area contributed by atoms with E-state index in [1.165, 1.54) is 43.8 Å². The molecule has 3 aromatic rings. The summed E-state index contributed by atoms with van der Waals surface area (Å²) < 4.78 is 6.23. The maximum atomic E-state index is 6.23. The van der Waals surface area contributed by atoms with Crippen molar-refractivity contribution in [3.8, 4) is 22.5 Å². The van der Waals surface area contributed by atoms with E-state index >= 15 is 0 Å². The van der Waals surface area contributed by atoms with Crippen LogP contribution >= 0.6 is 0 Å². The topological polar surface area (TPSA) is 13.1 Å². The Morgan fingerprint density at radius 3 is 2.12 bits per heavy atom. The molecule has 3 aromatic carbocycles. The highest BCUT2D eigenvalue weighted by atomic mass is 16.3. The summed E-state index contributed by atoms with van der Waals surface area (Å²) in [5.74, 6) is 1.94. The van der Waals surface area contributed by atoms with Gasteiger partial charge in [0.05, 0.1) is 0 Å². The largest absolute Gasteiger partial charge is 0.461 e. The van der Waals surface area contributed by atoms with Crippen LogP contribution in [0.1, 0.15) is 11.3 Å². The molecule has 0 bridgehead atoms.